The number of carbonyl (C=O) groups is 2. The average molecular weight is 397 g/mol. The van der Waals surface area contributed by atoms with Gasteiger partial charge in [0.15, 0.2) is 4.77 Å². The number of aromatic amines is 1. The van der Waals surface area contributed by atoms with E-state index in [-0.39, 0.29) is 16.2 Å². The molecule has 0 atom stereocenters. The number of aromatic nitrogens is 2. The summed E-state index contributed by atoms with van der Waals surface area (Å²) in [5, 5.41) is 3.17. The molecule has 1 aromatic heterocycles. The van der Waals surface area contributed by atoms with E-state index in [0.29, 0.717) is 34.3 Å². The standard InChI is InChI=1S/C20H19N3O4S/c1-3-9-21-17(24)12-5-4-6-14(10-12)23-18(25)15-8-7-13(19(26)27-2)11-16(15)22-20(23)28/h4-8,10-11H,3,9H2,1-2H3,(H,21,24)(H,22,28). The molecule has 0 radical (unpaired) electrons. The van der Waals surface area contributed by atoms with E-state index in [1.807, 2.05) is 6.92 Å². The van der Waals surface area contributed by atoms with Crippen LogP contribution in [0.4, 0.5) is 0 Å². The van der Waals surface area contributed by atoms with Crippen LogP contribution in [0.1, 0.15) is 34.1 Å². The molecular formula is C20H19N3O4S. The summed E-state index contributed by atoms with van der Waals surface area (Å²) in [5.74, 6) is -0.716. The second-order valence-electron chi connectivity index (χ2n) is 6.13. The quantitative estimate of drug-likeness (QED) is 0.510. The number of methoxy groups -OCH3 is 1. The highest BCUT2D eigenvalue weighted by Crippen LogP contribution is 2.15. The number of benzene rings is 2. The highest BCUT2D eigenvalue weighted by Gasteiger charge is 2.13. The second kappa shape index (κ2) is 8.18. The topological polar surface area (TPSA) is 93.2 Å². The van der Waals surface area contributed by atoms with E-state index in [4.69, 9.17) is 17.0 Å². The van der Waals surface area contributed by atoms with Crippen LogP contribution >= 0.6 is 12.2 Å². The number of H-pyrrole nitrogens is 1. The summed E-state index contributed by atoms with van der Waals surface area (Å²) >= 11 is 5.36. The highest BCUT2D eigenvalue weighted by atomic mass is 32.1. The van der Waals surface area contributed by atoms with Gasteiger partial charge in [0.25, 0.3) is 11.5 Å². The van der Waals surface area contributed by atoms with E-state index in [2.05, 4.69) is 10.3 Å². The second-order valence-corrected chi connectivity index (χ2v) is 6.52. The monoisotopic (exact) mass is 397 g/mol. The van der Waals surface area contributed by atoms with Crippen LogP contribution in [0.15, 0.2) is 47.3 Å². The van der Waals surface area contributed by atoms with Gasteiger partial charge in [0, 0.05) is 12.1 Å². The molecule has 0 aliphatic heterocycles. The van der Waals surface area contributed by atoms with Crippen molar-refractivity contribution in [1.82, 2.24) is 14.9 Å². The predicted molar refractivity (Wildman–Crippen MR) is 109 cm³/mol. The molecule has 2 aromatic carbocycles. The molecule has 2 N–H and O–H groups in total. The number of nitrogens with one attached hydrogen (secondary N) is 2. The molecule has 144 valence electrons. The normalized spacial score (nSPS) is 10.6. The molecule has 0 aliphatic carbocycles. The fourth-order valence-corrected chi connectivity index (χ4v) is 3.12. The Hall–Kier alpha value is -3.26. The lowest BCUT2D eigenvalue weighted by atomic mass is 10.1. The zero-order valence-electron chi connectivity index (χ0n) is 15.4. The van der Waals surface area contributed by atoms with Gasteiger partial charge < -0.3 is 15.0 Å². The molecule has 0 unspecified atom stereocenters. The third-order valence-electron chi connectivity index (χ3n) is 4.22. The number of hydrogen-bond donors (Lipinski definition) is 2. The average Bonchev–Trinajstić information content (AvgIpc) is 2.71. The van der Waals surface area contributed by atoms with Crippen molar-refractivity contribution in [3.05, 3.63) is 68.7 Å². The van der Waals surface area contributed by atoms with Gasteiger partial charge in [0.1, 0.15) is 0 Å². The lowest BCUT2D eigenvalue weighted by molar-refractivity contribution is 0.0600. The number of rotatable bonds is 5. The third-order valence-corrected chi connectivity index (χ3v) is 4.51. The maximum atomic E-state index is 13.0. The molecule has 0 saturated carbocycles. The summed E-state index contributed by atoms with van der Waals surface area (Å²) in [6, 6.07) is 11.3. The third kappa shape index (κ3) is 3.72. The summed E-state index contributed by atoms with van der Waals surface area (Å²) in [7, 11) is 1.29. The van der Waals surface area contributed by atoms with Gasteiger partial charge in [-0.15, -0.1) is 0 Å². The molecule has 7 nitrogen and oxygen atoms in total. The van der Waals surface area contributed by atoms with Gasteiger partial charge in [-0.05, 0) is 55.0 Å². The molecule has 0 saturated heterocycles. The van der Waals surface area contributed by atoms with Gasteiger partial charge in [-0.25, -0.2) is 4.79 Å². The number of hydrogen-bond acceptors (Lipinski definition) is 5. The van der Waals surface area contributed by atoms with Crippen LogP contribution in [0.2, 0.25) is 0 Å². The minimum absolute atomic E-state index is 0.158. The first-order valence-electron chi connectivity index (χ1n) is 8.72. The predicted octanol–water partition coefficient (Wildman–Crippen LogP) is 2.97. The maximum absolute atomic E-state index is 13.0. The number of carbonyl (C=O) groups excluding carboxylic acids is 2. The number of amides is 1. The van der Waals surface area contributed by atoms with E-state index in [1.54, 1.807) is 30.3 Å². The van der Waals surface area contributed by atoms with Crippen molar-refractivity contribution in [2.75, 3.05) is 13.7 Å². The first kappa shape index (κ1) is 19.5. The number of fused-ring (bicyclic) bond motifs is 1. The van der Waals surface area contributed by atoms with Crippen LogP contribution in [0.25, 0.3) is 16.6 Å². The maximum Gasteiger partial charge on any atom is 0.337 e. The summed E-state index contributed by atoms with van der Waals surface area (Å²) < 4.78 is 6.19. The Kier molecular flexibility index (Phi) is 5.70. The molecule has 0 aliphatic rings. The van der Waals surface area contributed by atoms with Crippen molar-refractivity contribution in [2.24, 2.45) is 0 Å². The van der Waals surface area contributed by atoms with Crippen molar-refractivity contribution in [2.45, 2.75) is 13.3 Å². The highest BCUT2D eigenvalue weighted by molar-refractivity contribution is 7.71. The minimum atomic E-state index is -0.504. The van der Waals surface area contributed by atoms with E-state index in [1.165, 1.54) is 23.8 Å². The first-order valence-corrected chi connectivity index (χ1v) is 9.13. The largest absolute Gasteiger partial charge is 0.465 e. The van der Waals surface area contributed by atoms with Gasteiger partial charge in [-0.3, -0.25) is 14.2 Å². The van der Waals surface area contributed by atoms with Crippen molar-refractivity contribution >= 4 is 35.0 Å². The summed E-state index contributed by atoms with van der Waals surface area (Å²) in [4.78, 5) is 39.9. The van der Waals surface area contributed by atoms with E-state index in [0.717, 1.165) is 6.42 Å². The van der Waals surface area contributed by atoms with Crippen molar-refractivity contribution in [1.29, 1.82) is 0 Å². The Morgan fingerprint density at radius 2 is 1.96 bits per heavy atom. The molecule has 0 fully saturated rings. The minimum Gasteiger partial charge on any atom is -0.465 e. The molecule has 28 heavy (non-hydrogen) atoms. The molecule has 1 amide bonds. The van der Waals surface area contributed by atoms with Gasteiger partial charge in [-0.1, -0.05) is 13.0 Å². The lowest BCUT2D eigenvalue weighted by Crippen LogP contribution is -2.25. The Balaban J connectivity index is 2.12. The van der Waals surface area contributed by atoms with Gasteiger partial charge >= 0.3 is 5.97 Å². The van der Waals surface area contributed by atoms with Crippen LogP contribution in [-0.2, 0) is 4.74 Å². The zero-order chi connectivity index (χ0) is 20.3. The Morgan fingerprint density at radius 1 is 1.18 bits per heavy atom. The fourth-order valence-electron chi connectivity index (χ4n) is 2.82. The van der Waals surface area contributed by atoms with Gasteiger partial charge in [0.2, 0.25) is 0 Å². The van der Waals surface area contributed by atoms with E-state index < -0.39 is 5.97 Å². The van der Waals surface area contributed by atoms with Crippen LogP contribution in [0.5, 0.6) is 0 Å². The van der Waals surface area contributed by atoms with E-state index in [9.17, 15) is 14.4 Å². The Labute approximate surface area is 166 Å². The molecule has 0 spiro atoms. The summed E-state index contributed by atoms with van der Waals surface area (Å²) in [6.07, 6.45) is 0.828. The molecule has 8 heteroatoms. The van der Waals surface area contributed by atoms with Crippen molar-refractivity contribution in [3.8, 4) is 5.69 Å². The van der Waals surface area contributed by atoms with Crippen LogP contribution < -0.4 is 10.9 Å². The number of nitrogens with zero attached hydrogens (tertiary/aromatic N) is 1. The fraction of sp³-hybridized carbons (Fsp3) is 0.200. The molecule has 0 bridgehead atoms. The van der Waals surface area contributed by atoms with Gasteiger partial charge in [0.05, 0.1) is 29.3 Å². The Bertz CT molecular complexity index is 1180. The van der Waals surface area contributed by atoms with Crippen molar-refractivity contribution in [3.63, 3.8) is 0 Å². The van der Waals surface area contributed by atoms with Crippen LogP contribution in [-0.4, -0.2) is 35.1 Å². The number of ether oxygens (including phenoxy) is 1. The first-order chi connectivity index (χ1) is 13.5. The number of esters is 1. The zero-order valence-corrected chi connectivity index (χ0v) is 16.3. The van der Waals surface area contributed by atoms with Crippen LogP contribution in [0.3, 0.4) is 0 Å². The van der Waals surface area contributed by atoms with Crippen molar-refractivity contribution < 1.29 is 14.3 Å². The molecule has 3 aromatic rings. The molecular weight excluding hydrogens is 378 g/mol. The lowest BCUT2D eigenvalue weighted by Gasteiger charge is -2.10. The van der Waals surface area contributed by atoms with Crippen LogP contribution in [0, 0.1) is 4.77 Å². The van der Waals surface area contributed by atoms with E-state index >= 15 is 0 Å². The molecule has 1 heterocycles. The summed E-state index contributed by atoms with van der Waals surface area (Å²) in [6.45, 7) is 2.54. The molecule has 3 rings (SSSR count). The SMILES string of the molecule is CCCNC(=O)c1cccc(-n2c(=S)[nH]c3cc(C(=O)OC)ccc3c2=O)c1. The summed E-state index contributed by atoms with van der Waals surface area (Å²) in [5.41, 5.74) is 1.32. The Morgan fingerprint density at radius 3 is 2.68 bits per heavy atom. The van der Waals surface area contributed by atoms with Gasteiger partial charge in [-0.2, -0.15) is 0 Å². The smallest absolute Gasteiger partial charge is 0.337 e.